The average Bonchev–Trinajstić information content (AvgIpc) is 2.73. The maximum absolute atomic E-state index is 13.1. The maximum Gasteiger partial charge on any atom is 0.242 e. The van der Waals surface area contributed by atoms with Crippen molar-refractivity contribution in [2.24, 2.45) is 0 Å². The Kier molecular flexibility index (Phi) is 9.20. The highest BCUT2D eigenvalue weighted by Gasteiger charge is 2.26. The Hall–Kier alpha value is -2.33. The Balaban J connectivity index is 2.08. The highest BCUT2D eigenvalue weighted by molar-refractivity contribution is 6.31. The molecule has 0 fully saturated rings. The zero-order chi connectivity index (χ0) is 21.2. The van der Waals surface area contributed by atoms with E-state index in [9.17, 15) is 9.59 Å². The topological polar surface area (TPSA) is 49.4 Å². The van der Waals surface area contributed by atoms with Crippen LogP contribution < -0.4 is 5.32 Å². The molecule has 1 N–H and O–H groups in total. The molecule has 2 aromatic carbocycles. The summed E-state index contributed by atoms with van der Waals surface area (Å²) >= 11 is 6.23. The first-order valence-corrected chi connectivity index (χ1v) is 10.7. The van der Waals surface area contributed by atoms with E-state index < -0.39 is 6.04 Å². The molecule has 2 atom stereocenters. The second-order valence-corrected chi connectivity index (χ2v) is 7.82. The van der Waals surface area contributed by atoms with Crippen LogP contribution in [0.5, 0.6) is 0 Å². The fourth-order valence-electron chi connectivity index (χ4n) is 3.12. The number of benzene rings is 2. The molecule has 0 aliphatic carbocycles. The highest BCUT2D eigenvalue weighted by Crippen LogP contribution is 2.18. The molecule has 0 aromatic heterocycles. The van der Waals surface area contributed by atoms with Gasteiger partial charge >= 0.3 is 0 Å². The van der Waals surface area contributed by atoms with Gasteiger partial charge in [0.2, 0.25) is 11.8 Å². The summed E-state index contributed by atoms with van der Waals surface area (Å²) in [6.07, 6.45) is 2.43. The predicted molar refractivity (Wildman–Crippen MR) is 119 cm³/mol. The fraction of sp³-hybridized carbons (Fsp3) is 0.417. The zero-order valence-corrected chi connectivity index (χ0v) is 18.3. The van der Waals surface area contributed by atoms with Crippen LogP contribution in [0.2, 0.25) is 5.02 Å². The van der Waals surface area contributed by atoms with Crippen molar-refractivity contribution >= 4 is 23.4 Å². The zero-order valence-electron chi connectivity index (χ0n) is 17.5. The first-order valence-electron chi connectivity index (χ1n) is 10.3. The van der Waals surface area contributed by atoms with Crippen LogP contribution in [-0.4, -0.2) is 35.3 Å². The lowest BCUT2D eigenvalue weighted by Gasteiger charge is -2.29. The monoisotopic (exact) mass is 414 g/mol. The number of hydrogen-bond acceptors (Lipinski definition) is 2. The van der Waals surface area contributed by atoms with Crippen LogP contribution in [0.15, 0.2) is 54.6 Å². The van der Waals surface area contributed by atoms with Crippen LogP contribution in [-0.2, 0) is 22.4 Å². The van der Waals surface area contributed by atoms with Crippen molar-refractivity contribution in [2.75, 3.05) is 6.54 Å². The van der Waals surface area contributed by atoms with Gasteiger partial charge in [0.15, 0.2) is 0 Å². The molecule has 0 bridgehead atoms. The Morgan fingerprint density at radius 3 is 2.31 bits per heavy atom. The van der Waals surface area contributed by atoms with Crippen molar-refractivity contribution in [1.29, 1.82) is 0 Å². The third kappa shape index (κ3) is 7.21. The van der Waals surface area contributed by atoms with E-state index >= 15 is 0 Å². The molecule has 0 aliphatic rings. The van der Waals surface area contributed by atoms with E-state index in [4.69, 9.17) is 11.6 Å². The van der Waals surface area contributed by atoms with E-state index in [1.54, 1.807) is 11.8 Å². The Bertz CT molecular complexity index is 794. The number of aryl methyl sites for hydroxylation is 1. The number of carbonyl (C=O) groups excluding carboxylic acids is 2. The molecule has 2 aromatic rings. The Morgan fingerprint density at radius 1 is 1.00 bits per heavy atom. The van der Waals surface area contributed by atoms with E-state index in [1.165, 1.54) is 0 Å². The standard InChI is InChI=1S/C24H31ClN2O2/c1-4-18(2)26-24(29)19(3)27(17-16-20-10-6-5-7-11-20)23(28)15-14-21-12-8-9-13-22(21)25/h5-13,18-19H,4,14-17H2,1-3H3,(H,26,29)/t18-,19-/m0/s1. The summed E-state index contributed by atoms with van der Waals surface area (Å²) in [5, 5.41) is 3.66. The van der Waals surface area contributed by atoms with Gasteiger partial charge in [0.05, 0.1) is 0 Å². The largest absolute Gasteiger partial charge is 0.352 e. The minimum absolute atomic E-state index is 0.0346. The molecule has 0 unspecified atom stereocenters. The van der Waals surface area contributed by atoms with E-state index in [0.717, 1.165) is 17.5 Å². The molecule has 29 heavy (non-hydrogen) atoms. The van der Waals surface area contributed by atoms with E-state index in [1.807, 2.05) is 68.4 Å². The number of carbonyl (C=O) groups is 2. The fourth-order valence-corrected chi connectivity index (χ4v) is 3.35. The summed E-state index contributed by atoms with van der Waals surface area (Å²) in [6.45, 7) is 6.30. The van der Waals surface area contributed by atoms with Crippen molar-refractivity contribution < 1.29 is 9.59 Å². The minimum atomic E-state index is -0.522. The van der Waals surface area contributed by atoms with Crippen LogP contribution in [0.4, 0.5) is 0 Å². The van der Waals surface area contributed by atoms with Gasteiger partial charge in [0, 0.05) is 24.0 Å². The first kappa shape index (κ1) is 23.0. The van der Waals surface area contributed by atoms with Crippen molar-refractivity contribution in [3.8, 4) is 0 Å². The smallest absolute Gasteiger partial charge is 0.242 e. The van der Waals surface area contributed by atoms with Crippen molar-refractivity contribution in [1.82, 2.24) is 10.2 Å². The summed E-state index contributed by atoms with van der Waals surface area (Å²) in [7, 11) is 0. The molecule has 0 aliphatic heterocycles. The van der Waals surface area contributed by atoms with Gasteiger partial charge in [-0.2, -0.15) is 0 Å². The Labute approximate surface area is 179 Å². The number of nitrogens with zero attached hydrogens (tertiary/aromatic N) is 1. The molecule has 0 radical (unpaired) electrons. The van der Waals surface area contributed by atoms with Gasteiger partial charge in [-0.25, -0.2) is 0 Å². The normalized spacial score (nSPS) is 12.8. The molecule has 0 saturated carbocycles. The van der Waals surface area contributed by atoms with E-state index in [-0.39, 0.29) is 17.9 Å². The van der Waals surface area contributed by atoms with Crippen molar-refractivity contribution in [3.05, 3.63) is 70.7 Å². The molecule has 2 amide bonds. The maximum atomic E-state index is 13.1. The molecule has 2 rings (SSSR count). The molecular formula is C24H31ClN2O2. The molecular weight excluding hydrogens is 384 g/mol. The lowest BCUT2D eigenvalue weighted by Crippen LogP contribution is -2.50. The molecule has 5 heteroatoms. The van der Waals surface area contributed by atoms with Gasteiger partial charge in [0.1, 0.15) is 6.04 Å². The summed E-state index contributed by atoms with van der Waals surface area (Å²) in [6, 6.07) is 17.1. The second-order valence-electron chi connectivity index (χ2n) is 7.41. The van der Waals surface area contributed by atoms with Gasteiger partial charge < -0.3 is 10.2 Å². The quantitative estimate of drug-likeness (QED) is 0.615. The first-order chi connectivity index (χ1) is 13.9. The van der Waals surface area contributed by atoms with Gasteiger partial charge in [-0.3, -0.25) is 9.59 Å². The van der Waals surface area contributed by atoms with Gasteiger partial charge in [0.25, 0.3) is 0 Å². The third-order valence-electron chi connectivity index (χ3n) is 5.22. The molecule has 0 saturated heterocycles. The van der Waals surface area contributed by atoms with Gasteiger partial charge in [-0.05, 0) is 50.3 Å². The molecule has 156 valence electrons. The number of halogens is 1. The average molecular weight is 415 g/mol. The molecule has 4 nitrogen and oxygen atoms in total. The van der Waals surface area contributed by atoms with Crippen LogP contribution >= 0.6 is 11.6 Å². The lowest BCUT2D eigenvalue weighted by atomic mass is 10.1. The SMILES string of the molecule is CC[C@H](C)NC(=O)[C@H](C)N(CCc1ccccc1)C(=O)CCc1ccccc1Cl. The number of nitrogens with one attached hydrogen (secondary N) is 1. The van der Waals surface area contributed by atoms with Crippen LogP contribution in [0, 0.1) is 0 Å². The van der Waals surface area contributed by atoms with Gasteiger partial charge in [-0.15, -0.1) is 0 Å². The number of rotatable bonds is 10. The van der Waals surface area contributed by atoms with Crippen LogP contribution in [0.1, 0.15) is 44.7 Å². The Morgan fingerprint density at radius 2 is 1.66 bits per heavy atom. The second kappa shape index (κ2) is 11.6. The summed E-state index contributed by atoms with van der Waals surface area (Å²) < 4.78 is 0. The van der Waals surface area contributed by atoms with E-state index in [2.05, 4.69) is 5.32 Å². The van der Waals surface area contributed by atoms with Crippen molar-refractivity contribution in [2.45, 2.75) is 58.5 Å². The number of hydrogen-bond donors (Lipinski definition) is 1. The summed E-state index contributed by atoms with van der Waals surface area (Å²) in [5.74, 6) is -0.147. The molecule has 0 heterocycles. The third-order valence-corrected chi connectivity index (χ3v) is 5.59. The van der Waals surface area contributed by atoms with Crippen LogP contribution in [0.25, 0.3) is 0 Å². The number of amides is 2. The van der Waals surface area contributed by atoms with Crippen molar-refractivity contribution in [3.63, 3.8) is 0 Å². The summed E-state index contributed by atoms with van der Waals surface area (Å²) in [4.78, 5) is 27.4. The highest BCUT2D eigenvalue weighted by atomic mass is 35.5. The predicted octanol–water partition coefficient (Wildman–Crippen LogP) is 4.65. The molecule has 0 spiro atoms. The minimum Gasteiger partial charge on any atom is -0.352 e. The summed E-state index contributed by atoms with van der Waals surface area (Å²) in [5.41, 5.74) is 2.09. The van der Waals surface area contributed by atoms with E-state index in [0.29, 0.717) is 30.8 Å². The van der Waals surface area contributed by atoms with Gasteiger partial charge in [-0.1, -0.05) is 67.1 Å². The lowest BCUT2D eigenvalue weighted by molar-refractivity contribution is -0.140. The van der Waals surface area contributed by atoms with Crippen LogP contribution in [0.3, 0.4) is 0 Å².